The van der Waals surface area contributed by atoms with Crippen LogP contribution in [0.15, 0.2) is 30.6 Å². The summed E-state index contributed by atoms with van der Waals surface area (Å²) in [7, 11) is 3.15. The Kier molecular flexibility index (Phi) is 5.29. The SMILES string of the molecule is COC(=O)c1ccc(CNC(=O)N[C@H](C)c2nncn2C)cc1. The van der Waals surface area contributed by atoms with Gasteiger partial charge in [0.05, 0.1) is 18.7 Å². The molecule has 122 valence electrons. The van der Waals surface area contributed by atoms with E-state index in [1.165, 1.54) is 7.11 Å². The van der Waals surface area contributed by atoms with Gasteiger partial charge in [0.1, 0.15) is 6.33 Å². The second-order valence-electron chi connectivity index (χ2n) is 5.04. The molecule has 0 saturated carbocycles. The zero-order chi connectivity index (χ0) is 16.8. The Balaban J connectivity index is 1.84. The molecule has 23 heavy (non-hydrogen) atoms. The van der Waals surface area contributed by atoms with Gasteiger partial charge in [0.25, 0.3) is 0 Å². The van der Waals surface area contributed by atoms with E-state index in [-0.39, 0.29) is 18.0 Å². The van der Waals surface area contributed by atoms with E-state index in [1.807, 2.05) is 14.0 Å². The minimum Gasteiger partial charge on any atom is -0.465 e. The van der Waals surface area contributed by atoms with Gasteiger partial charge in [0.2, 0.25) is 0 Å². The van der Waals surface area contributed by atoms with Crippen LogP contribution in [0.5, 0.6) is 0 Å². The van der Waals surface area contributed by atoms with Crippen molar-refractivity contribution in [2.45, 2.75) is 19.5 Å². The molecular weight excluding hydrogens is 298 g/mol. The van der Waals surface area contributed by atoms with E-state index in [9.17, 15) is 9.59 Å². The fourth-order valence-electron chi connectivity index (χ4n) is 2.06. The second-order valence-corrected chi connectivity index (χ2v) is 5.04. The number of amides is 2. The Morgan fingerprint density at radius 3 is 2.57 bits per heavy atom. The van der Waals surface area contributed by atoms with Crippen molar-refractivity contribution < 1.29 is 14.3 Å². The van der Waals surface area contributed by atoms with Crippen molar-refractivity contribution in [1.82, 2.24) is 25.4 Å². The molecule has 2 N–H and O–H groups in total. The molecule has 1 aromatic heterocycles. The molecule has 1 atom stereocenters. The normalized spacial score (nSPS) is 11.6. The number of urea groups is 1. The first-order chi connectivity index (χ1) is 11.0. The van der Waals surface area contributed by atoms with E-state index in [1.54, 1.807) is 35.2 Å². The highest BCUT2D eigenvalue weighted by molar-refractivity contribution is 5.89. The molecular formula is C15H19N5O3. The molecule has 0 fully saturated rings. The molecule has 0 aliphatic carbocycles. The minimum atomic E-state index is -0.389. The Morgan fingerprint density at radius 2 is 2.00 bits per heavy atom. The van der Waals surface area contributed by atoms with Gasteiger partial charge in [-0.25, -0.2) is 9.59 Å². The van der Waals surface area contributed by atoms with Crippen LogP contribution in [0.3, 0.4) is 0 Å². The second kappa shape index (κ2) is 7.39. The number of carbonyl (C=O) groups is 2. The monoisotopic (exact) mass is 317 g/mol. The smallest absolute Gasteiger partial charge is 0.337 e. The molecule has 1 heterocycles. The van der Waals surface area contributed by atoms with Crippen LogP contribution in [0.25, 0.3) is 0 Å². The topological polar surface area (TPSA) is 98.1 Å². The number of rotatable bonds is 5. The van der Waals surface area contributed by atoms with Gasteiger partial charge in [0, 0.05) is 13.6 Å². The van der Waals surface area contributed by atoms with Crippen LogP contribution in [0, 0.1) is 0 Å². The molecule has 2 rings (SSSR count). The largest absolute Gasteiger partial charge is 0.465 e. The van der Waals surface area contributed by atoms with Crippen LogP contribution < -0.4 is 10.6 Å². The molecule has 0 aliphatic rings. The first-order valence-corrected chi connectivity index (χ1v) is 7.06. The molecule has 0 aliphatic heterocycles. The number of aromatic nitrogens is 3. The molecule has 0 bridgehead atoms. The summed E-state index contributed by atoms with van der Waals surface area (Å²) in [5.74, 6) is 0.280. The van der Waals surface area contributed by atoms with E-state index < -0.39 is 0 Å². The lowest BCUT2D eigenvalue weighted by Crippen LogP contribution is -2.37. The maximum Gasteiger partial charge on any atom is 0.337 e. The first kappa shape index (κ1) is 16.5. The van der Waals surface area contributed by atoms with Gasteiger partial charge in [-0.3, -0.25) is 0 Å². The number of ether oxygens (including phenoxy) is 1. The Bertz CT molecular complexity index is 681. The van der Waals surface area contributed by atoms with Gasteiger partial charge in [-0.2, -0.15) is 0 Å². The molecule has 2 amide bonds. The Hall–Kier alpha value is -2.90. The summed E-state index contributed by atoms with van der Waals surface area (Å²) in [6.07, 6.45) is 1.58. The van der Waals surface area contributed by atoms with E-state index in [4.69, 9.17) is 0 Å². The van der Waals surface area contributed by atoms with Crippen molar-refractivity contribution in [2.75, 3.05) is 7.11 Å². The number of methoxy groups -OCH3 is 1. The number of esters is 1. The van der Waals surface area contributed by atoms with Gasteiger partial charge < -0.3 is 19.9 Å². The molecule has 2 aromatic rings. The fraction of sp³-hybridized carbons (Fsp3) is 0.333. The number of nitrogens with zero attached hydrogens (tertiary/aromatic N) is 3. The molecule has 0 saturated heterocycles. The van der Waals surface area contributed by atoms with Gasteiger partial charge in [-0.05, 0) is 24.6 Å². The molecule has 0 radical (unpaired) electrons. The van der Waals surface area contributed by atoms with Crippen LogP contribution >= 0.6 is 0 Å². The maximum absolute atomic E-state index is 11.9. The van der Waals surface area contributed by atoms with E-state index in [0.717, 1.165) is 5.56 Å². The average Bonchev–Trinajstić information content (AvgIpc) is 2.99. The van der Waals surface area contributed by atoms with Gasteiger partial charge in [0.15, 0.2) is 5.82 Å². The van der Waals surface area contributed by atoms with Crippen molar-refractivity contribution in [3.05, 3.63) is 47.5 Å². The highest BCUT2D eigenvalue weighted by Crippen LogP contribution is 2.07. The van der Waals surface area contributed by atoms with E-state index >= 15 is 0 Å². The summed E-state index contributed by atoms with van der Waals surface area (Å²) < 4.78 is 6.38. The molecule has 8 heteroatoms. The number of aryl methyl sites for hydroxylation is 1. The molecule has 0 unspecified atom stereocenters. The lowest BCUT2D eigenvalue weighted by Gasteiger charge is -2.14. The van der Waals surface area contributed by atoms with Crippen LogP contribution in [-0.2, 0) is 18.3 Å². The zero-order valence-corrected chi connectivity index (χ0v) is 13.2. The van der Waals surface area contributed by atoms with Crippen LogP contribution in [0.1, 0.15) is 34.7 Å². The van der Waals surface area contributed by atoms with E-state index in [0.29, 0.717) is 17.9 Å². The average molecular weight is 317 g/mol. The van der Waals surface area contributed by atoms with Gasteiger partial charge in [-0.15, -0.1) is 10.2 Å². The summed E-state index contributed by atoms with van der Waals surface area (Å²) in [4.78, 5) is 23.2. The van der Waals surface area contributed by atoms with Crippen molar-refractivity contribution in [3.8, 4) is 0 Å². The first-order valence-electron chi connectivity index (χ1n) is 7.06. The van der Waals surface area contributed by atoms with Crippen molar-refractivity contribution in [3.63, 3.8) is 0 Å². The number of hydrogen-bond acceptors (Lipinski definition) is 5. The third kappa shape index (κ3) is 4.29. The van der Waals surface area contributed by atoms with E-state index in [2.05, 4.69) is 25.6 Å². The van der Waals surface area contributed by atoms with Gasteiger partial charge >= 0.3 is 12.0 Å². The summed E-state index contributed by atoms with van der Waals surface area (Å²) >= 11 is 0. The molecule has 0 spiro atoms. The number of benzene rings is 1. The van der Waals surface area contributed by atoms with Crippen LogP contribution in [-0.4, -0.2) is 33.9 Å². The number of hydrogen-bond donors (Lipinski definition) is 2. The quantitative estimate of drug-likeness (QED) is 0.806. The van der Waals surface area contributed by atoms with Crippen molar-refractivity contribution in [2.24, 2.45) is 7.05 Å². The Labute approximate surface area is 133 Å². The fourth-order valence-corrected chi connectivity index (χ4v) is 2.06. The highest BCUT2D eigenvalue weighted by atomic mass is 16.5. The molecule has 1 aromatic carbocycles. The predicted molar refractivity (Wildman–Crippen MR) is 82.6 cm³/mol. The summed E-state index contributed by atoms with van der Waals surface area (Å²) in [5, 5.41) is 13.3. The molecule has 8 nitrogen and oxygen atoms in total. The highest BCUT2D eigenvalue weighted by Gasteiger charge is 2.13. The third-order valence-corrected chi connectivity index (χ3v) is 3.31. The lowest BCUT2D eigenvalue weighted by atomic mass is 10.1. The van der Waals surface area contributed by atoms with Gasteiger partial charge in [-0.1, -0.05) is 12.1 Å². The maximum atomic E-state index is 11.9. The van der Waals surface area contributed by atoms with Crippen molar-refractivity contribution >= 4 is 12.0 Å². The minimum absolute atomic E-state index is 0.260. The lowest BCUT2D eigenvalue weighted by molar-refractivity contribution is 0.0600. The van der Waals surface area contributed by atoms with Crippen LogP contribution in [0.2, 0.25) is 0 Å². The zero-order valence-electron chi connectivity index (χ0n) is 13.2. The van der Waals surface area contributed by atoms with Crippen molar-refractivity contribution in [1.29, 1.82) is 0 Å². The summed E-state index contributed by atoms with van der Waals surface area (Å²) in [5.41, 5.74) is 1.34. The third-order valence-electron chi connectivity index (χ3n) is 3.31. The number of carbonyl (C=O) groups excluding carboxylic acids is 2. The summed E-state index contributed by atoms with van der Waals surface area (Å²) in [6.45, 7) is 2.17. The Morgan fingerprint density at radius 1 is 1.30 bits per heavy atom. The standard InChI is InChI=1S/C15H19N5O3/c1-10(13-19-17-9-20(13)2)18-15(22)16-8-11-4-6-12(7-5-11)14(21)23-3/h4-7,9-10H,8H2,1-3H3,(H2,16,18,22)/t10-/m1/s1. The summed E-state index contributed by atoms with van der Waals surface area (Å²) in [6, 6.07) is 6.27. The van der Waals surface area contributed by atoms with Crippen LogP contribution in [0.4, 0.5) is 4.79 Å². The predicted octanol–water partition coefficient (Wildman–Crippen LogP) is 1.16. The number of nitrogens with one attached hydrogen (secondary N) is 2.